The van der Waals surface area contributed by atoms with Crippen molar-refractivity contribution in [2.24, 2.45) is 0 Å². The maximum absolute atomic E-state index is 12.0. The second-order valence-electron chi connectivity index (χ2n) is 4.22. The number of carbonyl (C=O) groups is 2. The summed E-state index contributed by atoms with van der Waals surface area (Å²) >= 11 is 1.49. The summed E-state index contributed by atoms with van der Waals surface area (Å²) in [4.78, 5) is 22.4. The molecule has 4 nitrogen and oxygen atoms in total. The van der Waals surface area contributed by atoms with Crippen LogP contribution >= 0.6 is 11.3 Å². The fourth-order valence-electron chi connectivity index (χ4n) is 1.64. The van der Waals surface area contributed by atoms with Crippen molar-refractivity contribution in [3.05, 3.63) is 57.8 Å². The van der Waals surface area contributed by atoms with E-state index in [1.54, 1.807) is 24.3 Å². The number of carbonyl (C=O) groups excluding carboxylic acids is 1. The van der Waals surface area contributed by atoms with Crippen molar-refractivity contribution < 1.29 is 14.7 Å². The molecule has 0 fully saturated rings. The Morgan fingerprint density at radius 3 is 2.45 bits per heavy atom. The first-order valence-corrected chi connectivity index (χ1v) is 6.86. The Labute approximate surface area is 120 Å². The van der Waals surface area contributed by atoms with Crippen LogP contribution in [0.1, 0.15) is 21.5 Å². The fraction of sp³-hybridized carbons (Fsp3) is 0.0667. The molecule has 2 rings (SSSR count). The van der Waals surface area contributed by atoms with E-state index in [4.69, 9.17) is 5.11 Å². The quantitative estimate of drug-likeness (QED) is 0.847. The fourth-order valence-corrected chi connectivity index (χ4v) is 2.46. The molecule has 0 saturated carbocycles. The summed E-state index contributed by atoms with van der Waals surface area (Å²) in [6, 6.07) is 6.97. The van der Waals surface area contributed by atoms with Crippen LogP contribution in [0.4, 0.5) is 5.69 Å². The number of nitrogens with one attached hydrogen (secondary N) is 1. The molecule has 2 N–H and O–H groups in total. The monoisotopic (exact) mass is 287 g/mol. The number of thiophene rings is 1. The van der Waals surface area contributed by atoms with E-state index >= 15 is 0 Å². The van der Waals surface area contributed by atoms with Gasteiger partial charge in [-0.15, -0.1) is 0 Å². The minimum Gasteiger partial charge on any atom is -0.478 e. The predicted octanol–water partition coefficient (Wildman–Crippen LogP) is 3.41. The molecule has 1 aromatic carbocycles. The third-order valence-electron chi connectivity index (χ3n) is 2.69. The summed E-state index contributed by atoms with van der Waals surface area (Å²) < 4.78 is 0. The normalized spacial score (nSPS) is 10.7. The van der Waals surface area contributed by atoms with Gasteiger partial charge in [-0.25, -0.2) is 4.79 Å². The van der Waals surface area contributed by atoms with Crippen LogP contribution in [0, 0.1) is 6.92 Å². The standard InChI is InChI=1S/C15H13NO3S/c1-10-8-20-9-13(10)15(19)16-12-5-2-11(3-6-12)4-7-14(17)18/h2-9H,1H3,(H,16,19)(H,17,18). The number of carboxylic acids is 1. The number of aryl methyl sites for hydroxylation is 1. The Morgan fingerprint density at radius 1 is 1.20 bits per heavy atom. The van der Waals surface area contributed by atoms with E-state index in [2.05, 4.69) is 5.32 Å². The molecular weight excluding hydrogens is 274 g/mol. The lowest BCUT2D eigenvalue weighted by atomic mass is 10.1. The van der Waals surface area contributed by atoms with E-state index in [1.807, 2.05) is 17.7 Å². The molecule has 0 bridgehead atoms. The number of hydrogen-bond acceptors (Lipinski definition) is 3. The molecule has 1 heterocycles. The molecule has 1 amide bonds. The molecule has 0 radical (unpaired) electrons. The third kappa shape index (κ3) is 3.55. The minimum absolute atomic E-state index is 0.141. The van der Waals surface area contributed by atoms with Gasteiger partial charge in [-0.3, -0.25) is 4.79 Å². The highest BCUT2D eigenvalue weighted by Crippen LogP contribution is 2.17. The van der Waals surface area contributed by atoms with Gasteiger partial charge in [0.25, 0.3) is 5.91 Å². The largest absolute Gasteiger partial charge is 0.478 e. The molecule has 0 aliphatic carbocycles. The number of carboxylic acid groups (broad SMARTS) is 1. The Hall–Kier alpha value is -2.40. The molecular formula is C15H13NO3S. The van der Waals surface area contributed by atoms with E-state index < -0.39 is 5.97 Å². The van der Waals surface area contributed by atoms with Crippen LogP contribution in [0.2, 0.25) is 0 Å². The van der Waals surface area contributed by atoms with Crippen LogP contribution in [0.25, 0.3) is 6.08 Å². The van der Waals surface area contributed by atoms with Crippen molar-refractivity contribution in [2.45, 2.75) is 6.92 Å². The molecule has 0 aliphatic heterocycles. The summed E-state index contributed by atoms with van der Waals surface area (Å²) in [7, 11) is 0. The van der Waals surface area contributed by atoms with Crippen LogP contribution in [-0.2, 0) is 4.79 Å². The number of rotatable bonds is 4. The third-order valence-corrected chi connectivity index (χ3v) is 3.55. The van der Waals surface area contributed by atoms with Crippen molar-refractivity contribution in [2.75, 3.05) is 5.32 Å². The molecule has 0 atom stereocenters. The summed E-state index contributed by atoms with van der Waals surface area (Å²) in [6.45, 7) is 1.89. The molecule has 0 aliphatic rings. The first-order valence-electron chi connectivity index (χ1n) is 5.91. The van der Waals surface area contributed by atoms with Gasteiger partial charge in [-0.05, 0) is 41.6 Å². The van der Waals surface area contributed by atoms with Gasteiger partial charge in [0.05, 0.1) is 5.56 Å². The minimum atomic E-state index is -0.990. The van der Waals surface area contributed by atoms with Gasteiger partial charge < -0.3 is 10.4 Å². The van der Waals surface area contributed by atoms with Crippen LogP contribution in [0.15, 0.2) is 41.1 Å². The van der Waals surface area contributed by atoms with Gasteiger partial charge in [0, 0.05) is 17.1 Å². The van der Waals surface area contributed by atoms with Crippen LogP contribution in [0.3, 0.4) is 0 Å². The van der Waals surface area contributed by atoms with Crippen LogP contribution in [0.5, 0.6) is 0 Å². The van der Waals surface area contributed by atoms with Crippen molar-refractivity contribution in [3.63, 3.8) is 0 Å². The highest BCUT2D eigenvalue weighted by atomic mass is 32.1. The second kappa shape index (κ2) is 6.16. The summed E-state index contributed by atoms with van der Waals surface area (Å²) in [6.07, 6.45) is 2.57. The number of amides is 1. The average Bonchev–Trinajstić information content (AvgIpc) is 2.84. The zero-order valence-corrected chi connectivity index (χ0v) is 11.6. The van der Waals surface area contributed by atoms with Crippen molar-refractivity contribution in [1.29, 1.82) is 0 Å². The lowest BCUT2D eigenvalue weighted by molar-refractivity contribution is -0.131. The van der Waals surface area contributed by atoms with Crippen molar-refractivity contribution in [3.8, 4) is 0 Å². The molecule has 102 valence electrons. The molecule has 2 aromatic rings. The molecule has 20 heavy (non-hydrogen) atoms. The molecule has 0 unspecified atom stereocenters. The summed E-state index contributed by atoms with van der Waals surface area (Å²) in [5, 5.41) is 15.1. The predicted molar refractivity (Wildman–Crippen MR) is 80.1 cm³/mol. The molecule has 0 saturated heterocycles. The molecule has 0 spiro atoms. The highest BCUT2D eigenvalue weighted by Gasteiger charge is 2.09. The van der Waals surface area contributed by atoms with Crippen LogP contribution in [-0.4, -0.2) is 17.0 Å². The Kier molecular flexibility index (Phi) is 4.32. The molecule has 5 heteroatoms. The maximum atomic E-state index is 12.0. The topological polar surface area (TPSA) is 66.4 Å². The van der Waals surface area contributed by atoms with E-state index in [0.717, 1.165) is 17.2 Å². The zero-order valence-electron chi connectivity index (χ0n) is 10.8. The Morgan fingerprint density at radius 2 is 1.90 bits per heavy atom. The first kappa shape index (κ1) is 14.0. The van der Waals surface area contributed by atoms with E-state index in [0.29, 0.717) is 11.3 Å². The van der Waals surface area contributed by atoms with Gasteiger partial charge in [-0.2, -0.15) is 11.3 Å². The van der Waals surface area contributed by atoms with E-state index in [9.17, 15) is 9.59 Å². The lowest BCUT2D eigenvalue weighted by Crippen LogP contribution is -2.11. The second-order valence-corrected chi connectivity index (χ2v) is 4.96. The summed E-state index contributed by atoms with van der Waals surface area (Å²) in [5.74, 6) is -1.13. The van der Waals surface area contributed by atoms with E-state index in [1.165, 1.54) is 17.4 Å². The van der Waals surface area contributed by atoms with Gasteiger partial charge in [0.2, 0.25) is 0 Å². The Bertz CT molecular complexity index is 656. The van der Waals surface area contributed by atoms with Gasteiger partial charge in [0.1, 0.15) is 0 Å². The average molecular weight is 287 g/mol. The van der Waals surface area contributed by atoms with Gasteiger partial charge in [-0.1, -0.05) is 12.1 Å². The first-order chi connectivity index (χ1) is 9.56. The van der Waals surface area contributed by atoms with Crippen molar-refractivity contribution >= 4 is 35.0 Å². The van der Waals surface area contributed by atoms with Gasteiger partial charge >= 0.3 is 5.97 Å². The van der Waals surface area contributed by atoms with Crippen LogP contribution < -0.4 is 5.32 Å². The van der Waals surface area contributed by atoms with Gasteiger partial charge in [0.15, 0.2) is 0 Å². The smallest absolute Gasteiger partial charge is 0.328 e. The number of benzene rings is 1. The van der Waals surface area contributed by atoms with Crippen molar-refractivity contribution in [1.82, 2.24) is 0 Å². The molecule has 1 aromatic heterocycles. The number of anilines is 1. The number of hydrogen-bond donors (Lipinski definition) is 2. The van der Waals surface area contributed by atoms with E-state index in [-0.39, 0.29) is 5.91 Å². The summed E-state index contributed by atoms with van der Waals surface area (Å²) in [5.41, 5.74) is 3.06. The number of aliphatic carboxylic acids is 1. The highest BCUT2D eigenvalue weighted by molar-refractivity contribution is 7.08. The zero-order chi connectivity index (χ0) is 14.5. The lowest BCUT2D eigenvalue weighted by Gasteiger charge is -2.05. The SMILES string of the molecule is Cc1cscc1C(=O)Nc1ccc(C=CC(=O)O)cc1. The Balaban J connectivity index is 2.06. The maximum Gasteiger partial charge on any atom is 0.328 e.